The number of hydrogen-bond acceptors (Lipinski definition) is 4. The molecule has 0 atom stereocenters. The van der Waals surface area contributed by atoms with Crippen LogP contribution in [0, 0.1) is 5.82 Å². The Morgan fingerprint density at radius 2 is 1.83 bits per heavy atom. The van der Waals surface area contributed by atoms with Crippen molar-refractivity contribution in [3.8, 4) is 10.6 Å². The maximum atomic E-state index is 13.2. The third-order valence-corrected chi connectivity index (χ3v) is 6.15. The van der Waals surface area contributed by atoms with Gasteiger partial charge in [-0.25, -0.2) is 14.1 Å². The van der Waals surface area contributed by atoms with Gasteiger partial charge in [0.05, 0.1) is 22.5 Å². The molecular formula is C22H15FN4S2. The van der Waals surface area contributed by atoms with Crippen LogP contribution in [0.1, 0.15) is 5.56 Å². The highest BCUT2D eigenvalue weighted by molar-refractivity contribution is 7.14. The SMILES string of the molecule is Fc1ccc(N=c2scc(-c3cccs3)n2N=Cc2c[nH]c3ccccc23)cc1. The van der Waals surface area contributed by atoms with Gasteiger partial charge < -0.3 is 4.98 Å². The molecule has 0 saturated carbocycles. The van der Waals surface area contributed by atoms with E-state index in [9.17, 15) is 4.39 Å². The van der Waals surface area contributed by atoms with E-state index in [-0.39, 0.29) is 5.82 Å². The van der Waals surface area contributed by atoms with Crippen molar-refractivity contribution in [1.82, 2.24) is 9.66 Å². The number of H-pyrrole nitrogens is 1. The van der Waals surface area contributed by atoms with E-state index in [4.69, 9.17) is 5.10 Å². The first-order valence-electron chi connectivity index (χ1n) is 8.93. The van der Waals surface area contributed by atoms with Gasteiger partial charge in [-0.15, -0.1) is 22.7 Å². The van der Waals surface area contributed by atoms with Crippen LogP contribution in [0.5, 0.6) is 0 Å². The lowest BCUT2D eigenvalue weighted by molar-refractivity contribution is 0.628. The first kappa shape index (κ1) is 17.8. The molecule has 0 fully saturated rings. The second kappa shape index (κ2) is 7.62. The van der Waals surface area contributed by atoms with Crippen LogP contribution in [0.3, 0.4) is 0 Å². The Morgan fingerprint density at radius 3 is 2.66 bits per heavy atom. The Bertz CT molecular complexity index is 1360. The van der Waals surface area contributed by atoms with Crippen LogP contribution in [-0.4, -0.2) is 15.9 Å². The van der Waals surface area contributed by atoms with E-state index >= 15 is 0 Å². The lowest BCUT2D eigenvalue weighted by Crippen LogP contribution is -2.11. The summed E-state index contributed by atoms with van der Waals surface area (Å²) in [6.45, 7) is 0. The summed E-state index contributed by atoms with van der Waals surface area (Å²) in [5.74, 6) is -0.278. The Hall–Kier alpha value is -3.29. The minimum absolute atomic E-state index is 0.278. The molecule has 5 aromatic rings. The molecule has 4 nitrogen and oxygen atoms in total. The quantitative estimate of drug-likeness (QED) is 0.347. The summed E-state index contributed by atoms with van der Waals surface area (Å²) in [6, 6.07) is 18.3. The lowest BCUT2D eigenvalue weighted by atomic mass is 10.2. The Kier molecular flexibility index (Phi) is 4.67. The predicted molar refractivity (Wildman–Crippen MR) is 119 cm³/mol. The van der Waals surface area contributed by atoms with Crippen LogP contribution >= 0.6 is 22.7 Å². The minimum Gasteiger partial charge on any atom is -0.361 e. The first-order chi connectivity index (χ1) is 14.3. The number of thiophene rings is 1. The zero-order valence-electron chi connectivity index (χ0n) is 15.1. The molecular weight excluding hydrogens is 403 g/mol. The summed E-state index contributed by atoms with van der Waals surface area (Å²) in [5, 5.41) is 9.94. The largest absolute Gasteiger partial charge is 0.361 e. The fourth-order valence-corrected chi connectivity index (χ4v) is 4.68. The molecule has 0 saturated heterocycles. The Morgan fingerprint density at radius 1 is 0.966 bits per heavy atom. The van der Waals surface area contributed by atoms with E-state index in [0.717, 1.165) is 31.8 Å². The molecule has 0 spiro atoms. The number of aromatic amines is 1. The number of rotatable bonds is 4. The number of nitrogens with one attached hydrogen (secondary N) is 1. The topological polar surface area (TPSA) is 45.4 Å². The third-order valence-electron chi connectivity index (χ3n) is 4.44. The van der Waals surface area contributed by atoms with Gasteiger partial charge in [0.2, 0.25) is 4.80 Å². The average molecular weight is 419 g/mol. The molecule has 0 amide bonds. The van der Waals surface area contributed by atoms with Gasteiger partial charge in [-0.05, 0) is 41.8 Å². The maximum Gasteiger partial charge on any atom is 0.211 e. The highest BCUT2D eigenvalue weighted by Crippen LogP contribution is 2.26. The molecule has 0 aliphatic heterocycles. The van der Waals surface area contributed by atoms with Crippen LogP contribution in [0.4, 0.5) is 10.1 Å². The summed E-state index contributed by atoms with van der Waals surface area (Å²) in [4.78, 5) is 9.77. The van der Waals surface area contributed by atoms with E-state index in [1.54, 1.807) is 23.5 Å². The summed E-state index contributed by atoms with van der Waals surface area (Å²) < 4.78 is 15.1. The monoisotopic (exact) mass is 418 g/mol. The molecule has 0 radical (unpaired) electrons. The van der Waals surface area contributed by atoms with Gasteiger partial charge in [-0.1, -0.05) is 24.3 Å². The summed E-state index contributed by atoms with van der Waals surface area (Å²) in [6.07, 6.45) is 3.79. The second-order valence-electron chi connectivity index (χ2n) is 6.32. The second-order valence-corrected chi connectivity index (χ2v) is 8.10. The normalized spacial score (nSPS) is 12.4. The number of benzene rings is 2. The van der Waals surface area contributed by atoms with Crippen molar-refractivity contribution < 1.29 is 4.39 Å². The van der Waals surface area contributed by atoms with Crippen LogP contribution in [0.2, 0.25) is 0 Å². The van der Waals surface area contributed by atoms with Crippen molar-refractivity contribution in [1.29, 1.82) is 0 Å². The summed E-state index contributed by atoms with van der Waals surface area (Å²) in [7, 11) is 0. The maximum absolute atomic E-state index is 13.2. The van der Waals surface area contributed by atoms with E-state index in [2.05, 4.69) is 22.1 Å². The van der Waals surface area contributed by atoms with Gasteiger partial charge in [0.1, 0.15) is 5.82 Å². The van der Waals surface area contributed by atoms with Crippen LogP contribution in [0.15, 0.2) is 87.7 Å². The molecule has 1 N–H and O–H groups in total. The molecule has 3 heterocycles. The van der Waals surface area contributed by atoms with Gasteiger partial charge in [0.15, 0.2) is 0 Å². The predicted octanol–water partition coefficient (Wildman–Crippen LogP) is 6.01. The highest BCUT2D eigenvalue weighted by atomic mass is 32.1. The number of aromatic nitrogens is 2. The molecule has 0 aliphatic rings. The van der Waals surface area contributed by atoms with E-state index in [0.29, 0.717) is 5.69 Å². The Balaban J connectivity index is 1.63. The molecule has 2 aromatic carbocycles. The smallest absolute Gasteiger partial charge is 0.211 e. The zero-order valence-corrected chi connectivity index (χ0v) is 16.8. The van der Waals surface area contributed by atoms with Crippen molar-refractivity contribution >= 4 is 45.5 Å². The number of nitrogens with zero attached hydrogens (tertiary/aromatic N) is 3. The van der Waals surface area contributed by atoms with Gasteiger partial charge in [-0.3, -0.25) is 0 Å². The van der Waals surface area contributed by atoms with E-state index in [1.165, 1.54) is 23.5 Å². The van der Waals surface area contributed by atoms with Crippen molar-refractivity contribution in [3.63, 3.8) is 0 Å². The highest BCUT2D eigenvalue weighted by Gasteiger charge is 2.09. The fourth-order valence-electron chi connectivity index (χ4n) is 3.03. The van der Waals surface area contributed by atoms with Crippen LogP contribution < -0.4 is 4.80 Å². The fraction of sp³-hybridized carbons (Fsp3) is 0. The number of thiazole rings is 1. The standard InChI is InChI=1S/C22H15FN4S2/c23-16-7-9-17(10-8-16)26-22-27(20(14-29-22)21-6-3-11-28-21)25-13-15-12-24-19-5-2-1-4-18(15)19/h1-14,24H. The van der Waals surface area contributed by atoms with Gasteiger partial charge >= 0.3 is 0 Å². The minimum atomic E-state index is -0.278. The van der Waals surface area contributed by atoms with Crippen molar-refractivity contribution in [2.75, 3.05) is 0 Å². The number of hydrogen-bond donors (Lipinski definition) is 1. The van der Waals surface area contributed by atoms with Crippen molar-refractivity contribution in [2.45, 2.75) is 0 Å². The van der Waals surface area contributed by atoms with Gasteiger partial charge in [0, 0.05) is 28.0 Å². The van der Waals surface area contributed by atoms with Crippen LogP contribution in [-0.2, 0) is 0 Å². The molecule has 0 unspecified atom stereocenters. The summed E-state index contributed by atoms with van der Waals surface area (Å²) >= 11 is 3.15. The average Bonchev–Trinajstić information content (AvgIpc) is 3.48. The lowest BCUT2D eigenvalue weighted by Gasteiger charge is -2.01. The Labute approximate surface area is 173 Å². The number of para-hydroxylation sites is 1. The molecule has 142 valence electrons. The molecule has 29 heavy (non-hydrogen) atoms. The van der Waals surface area contributed by atoms with Crippen molar-refractivity contribution in [3.05, 3.63) is 93.8 Å². The van der Waals surface area contributed by atoms with E-state index < -0.39 is 0 Å². The number of fused-ring (bicyclic) bond motifs is 1. The zero-order chi connectivity index (χ0) is 19.6. The molecule has 3 aromatic heterocycles. The molecule has 0 bridgehead atoms. The molecule has 5 rings (SSSR count). The number of halogens is 1. The van der Waals surface area contributed by atoms with Gasteiger partial charge in [0.25, 0.3) is 0 Å². The van der Waals surface area contributed by atoms with E-state index in [1.807, 2.05) is 52.1 Å². The third kappa shape index (κ3) is 3.57. The van der Waals surface area contributed by atoms with Gasteiger partial charge in [-0.2, -0.15) is 5.10 Å². The summed E-state index contributed by atoms with van der Waals surface area (Å²) in [5.41, 5.74) is 3.73. The molecule has 7 heteroatoms. The first-order valence-corrected chi connectivity index (χ1v) is 10.7. The molecule has 0 aliphatic carbocycles. The van der Waals surface area contributed by atoms with Crippen molar-refractivity contribution in [2.24, 2.45) is 10.1 Å². The van der Waals surface area contributed by atoms with Crippen LogP contribution in [0.25, 0.3) is 21.5 Å².